The van der Waals surface area contributed by atoms with Crippen molar-refractivity contribution in [1.29, 1.82) is 0 Å². The third-order valence-electron chi connectivity index (χ3n) is 4.06. The van der Waals surface area contributed by atoms with Crippen molar-refractivity contribution in [3.8, 4) is 0 Å². The first-order valence-electron chi connectivity index (χ1n) is 6.14. The maximum absolute atomic E-state index is 9.36. The van der Waals surface area contributed by atoms with Crippen molar-refractivity contribution < 1.29 is 56.1 Å². The van der Waals surface area contributed by atoms with E-state index in [2.05, 4.69) is 55.5 Å². The molecule has 0 unspecified atom stereocenters. The number of allylic oxidation sites excluding steroid dienone is 8. The molecule has 4 heteroatoms. The average molecular weight is 378 g/mol. The number of aliphatic hydroxyl groups excluding tert-OH is 1. The zero-order valence-electron chi connectivity index (χ0n) is 11.1. The number of hydrogen-bond acceptors (Lipinski definition) is 1. The van der Waals surface area contributed by atoms with E-state index in [1.807, 2.05) is 0 Å². The van der Waals surface area contributed by atoms with Gasteiger partial charge in [0.2, 0.25) is 0 Å². The smallest absolute Gasteiger partial charge is 1.00 e. The Labute approximate surface area is 147 Å². The van der Waals surface area contributed by atoms with Crippen molar-refractivity contribution in [2.24, 2.45) is 17.3 Å². The van der Waals surface area contributed by atoms with Crippen LogP contribution in [0.5, 0.6) is 0 Å². The van der Waals surface area contributed by atoms with Gasteiger partial charge in [0.25, 0.3) is 0 Å². The minimum absolute atomic E-state index is 0. The van der Waals surface area contributed by atoms with Crippen LogP contribution in [-0.2, 0) is 26.2 Å². The second-order valence-corrected chi connectivity index (χ2v) is 4.65. The molecule has 0 radical (unpaired) electrons. The molecule has 0 aromatic carbocycles. The topological polar surface area (TPSA) is 20.2 Å². The standard InChI is InChI=1S/C15H20O.2ClH.Zr/c1-2-15(11-12-16,13-7-3-4-8-13)14-9-5-6-10-14;;;/h3-10,13-14,16H,2,11-12H2,1H3;2*1H;/q;;;+2/p-2. The van der Waals surface area contributed by atoms with E-state index in [1.54, 1.807) is 0 Å². The molecule has 0 saturated carbocycles. The van der Waals surface area contributed by atoms with Crippen molar-refractivity contribution in [3.05, 3.63) is 48.6 Å². The van der Waals surface area contributed by atoms with E-state index in [4.69, 9.17) is 0 Å². The summed E-state index contributed by atoms with van der Waals surface area (Å²) in [5.41, 5.74) is 0.155. The maximum atomic E-state index is 9.36. The molecule has 2 aliphatic rings. The van der Waals surface area contributed by atoms with Gasteiger partial charge in [-0.3, -0.25) is 0 Å². The number of hydrogen-bond donors (Lipinski definition) is 1. The van der Waals surface area contributed by atoms with Crippen LogP contribution in [0.4, 0.5) is 0 Å². The first kappa shape index (κ1) is 21.7. The van der Waals surface area contributed by atoms with Crippen LogP contribution in [0.2, 0.25) is 0 Å². The summed E-state index contributed by atoms with van der Waals surface area (Å²) in [5.74, 6) is 0.920. The summed E-state index contributed by atoms with van der Waals surface area (Å²) in [6.07, 6.45) is 19.5. The average Bonchev–Trinajstić information content (AvgIpc) is 2.98. The Morgan fingerprint density at radius 1 is 0.895 bits per heavy atom. The van der Waals surface area contributed by atoms with E-state index in [9.17, 15) is 5.11 Å². The molecular formula is C15H20Cl2OZr. The molecule has 19 heavy (non-hydrogen) atoms. The van der Waals surface area contributed by atoms with Crippen LogP contribution in [0.25, 0.3) is 0 Å². The van der Waals surface area contributed by atoms with Gasteiger partial charge < -0.3 is 29.9 Å². The maximum Gasteiger partial charge on any atom is 2.00 e. The largest absolute Gasteiger partial charge is 2.00 e. The molecule has 2 rings (SSSR count). The number of halogens is 2. The molecule has 0 atom stereocenters. The molecule has 0 aliphatic heterocycles. The van der Waals surface area contributed by atoms with Crippen LogP contribution in [0.3, 0.4) is 0 Å². The van der Waals surface area contributed by atoms with Gasteiger partial charge in [-0.2, -0.15) is 0 Å². The van der Waals surface area contributed by atoms with Crippen LogP contribution < -0.4 is 24.8 Å². The van der Waals surface area contributed by atoms with Crippen molar-refractivity contribution >= 4 is 0 Å². The Balaban J connectivity index is 0. The number of rotatable bonds is 5. The molecular weight excluding hydrogens is 358 g/mol. The first-order chi connectivity index (χ1) is 7.83. The molecule has 0 aromatic rings. The van der Waals surface area contributed by atoms with Gasteiger partial charge in [-0.25, -0.2) is 0 Å². The fourth-order valence-corrected chi connectivity index (χ4v) is 3.04. The summed E-state index contributed by atoms with van der Waals surface area (Å²) in [5, 5.41) is 9.36. The van der Waals surface area contributed by atoms with Gasteiger partial charge in [-0.05, 0) is 18.3 Å². The Morgan fingerprint density at radius 2 is 1.26 bits per heavy atom. The summed E-state index contributed by atoms with van der Waals surface area (Å²) < 4.78 is 0. The summed E-state index contributed by atoms with van der Waals surface area (Å²) in [7, 11) is 0. The minimum atomic E-state index is 0. The molecule has 0 spiro atoms. The molecule has 2 aliphatic carbocycles. The van der Waals surface area contributed by atoms with Gasteiger partial charge in [-0.1, -0.05) is 55.5 Å². The third kappa shape index (κ3) is 4.43. The van der Waals surface area contributed by atoms with Crippen LogP contribution in [0.15, 0.2) is 48.6 Å². The fraction of sp³-hybridized carbons (Fsp3) is 0.467. The SMILES string of the molecule is CCC(CCO)(C1C=CC=C1)C1C=CC=C1.[Cl-].[Cl-].[Zr+2]. The Morgan fingerprint density at radius 3 is 1.53 bits per heavy atom. The van der Waals surface area contributed by atoms with Crippen molar-refractivity contribution in [1.82, 2.24) is 0 Å². The molecule has 104 valence electrons. The van der Waals surface area contributed by atoms with Crippen molar-refractivity contribution in [2.75, 3.05) is 6.61 Å². The molecule has 0 heterocycles. The molecule has 0 amide bonds. The zero-order valence-corrected chi connectivity index (χ0v) is 15.1. The normalized spacial score (nSPS) is 17.2. The van der Waals surface area contributed by atoms with E-state index in [0.717, 1.165) is 12.8 Å². The van der Waals surface area contributed by atoms with Crippen LogP contribution in [0.1, 0.15) is 19.8 Å². The quantitative estimate of drug-likeness (QED) is 0.550. The minimum Gasteiger partial charge on any atom is -1.00 e. The van der Waals surface area contributed by atoms with Crippen LogP contribution in [0, 0.1) is 17.3 Å². The molecule has 1 nitrogen and oxygen atoms in total. The Hall–Kier alpha value is 0.383. The molecule has 0 saturated heterocycles. The van der Waals surface area contributed by atoms with Crippen molar-refractivity contribution in [3.63, 3.8) is 0 Å². The molecule has 1 N–H and O–H groups in total. The van der Waals surface area contributed by atoms with Gasteiger partial charge in [0.05, 0.1) is 0 Å². The molecule has 0 bridgehead atoms. The monoisotopic (exact) mass is 376 g/mol. The van der Waals surface area contributed by atoms with Gasteiger partial charge in [0, 0.05) is 18.4 Å². The predicted molar refractivity (Wildman–Crippen MR) is 68.0 cm³/mol. The van der Waals surface area contributed by atoms with Gasteiger partial charge in [0.15, 0.2) is 0 Å². The van der Waals surface area contributed by atoms with E-state index in [-0.39, 0.29) is 63.0 Å². The summed E-state index contributed by atoms with van der Waals surface area (Å²) in [6.45, 7) is 2.50. The number of aliphatic hydroxyl groups is 1. The van der Waals surface area contributed by atoms with E-state index < -0.39 is 0 Å². The summed E-state index contributed by atoms with van der Waals surface area (Å²) in [6, 6.07) is 0. The zero-order chi connectivity index (χ0) is 11.4. The predicted octanol–water partition coefficient (Wildman–Crippen LogP) is -2.74. The van der Waals surface area contributed by atoms with Gasteiger partial charge >= 0.3 is 26.2 Å². The fourth-order valence-electron chi connectivity index (χ4n) is 3.04. The Bertz CT molecular complexity index is 309. The summed E-state index contributed by atoms with van der Waals surface area (Å²) >= 11 is 0. The second-order valence-electron chi connectivity index (χ2n) is 4.65. The van der Waals surface area contributed by atoms with Crippen LogP contribution >= 0.6 is 0 Å². The van der Waals surface area contributed by atoms with Gasteiger partial charge in [-0.15, -0.1) is 0 Å². The summed E-state index contributed by atoms with van der Waals surface area (Å²) in [4.78, 5) is 0. The van der Waals surface area contributed by atoms with E-state index in [0.29, 0.717) is 11.8 Å². The van der Waals surface area contributed by atoms with Gasteiger partial charge in [0.1, 0.15) is 0 Å². The molecule has 0 aromatic heterocycles. The van der Waals surface area contributed by atoms with Crippen molar-refractivity contribution in [2.45, 2.75) is 19.8 Å². The molecule has 0 fully saturated rings. The van der Waals surface area contributed by atoms with Crippen LogP contribution in [-0.4, -0.2) is 11.7 Å². The van der Waals surface area contributed by atoms with E-state index >= 15 is 0 Å². The Kier molecular flexibility index (Phi) is 11.6. The van der Waals surface area contributed by atoms with E-state index in [1.165, 1.54) is 0 Å². The third-order valence-corrected chi connectivity index (χ3v) is 4.06. The first-order valence-corrected chi connectivity index (χ1v) is 6.14. The second kappa shape index (κ2) is 10.2.